The van der Waals surface area contributed by atoms with E-state index in [0.717, 1.165) is 25.2 Å². The SMILES string of the molecule is CCC(=Cc1scnc1C)CNCC(C)C. The number of hydrogen-bond acceptors (Lipinski definition) is 3. The van der Waals surface area contributed by atoms with Crippen LogP contribution in [0.1, 0.15) is 37.8 Å². The Hall–Kier alpha value is -0.670. The predicted molar refractivity (Wildman–Crippen MR) is 72.8 cm³/mol. The number of rotatable bonds is 6. The lowest BCUT2D eigenvalue weighted by Crippen LogP contribution is -2.21. The zero-order valence-corrected chi connectivity index (χ0v) is 11.5. The first kappa shape index (κ1) is 13.4. The van der Waals surface area contributed by atoms with Crippen LogP contribution in [0, 0.1) is 12.8 Å². The lowest BCUT2D eigenvalue weighted by atomic mass is 10.1. The van der Waals surface area contributed by atoms with E-state index in [4.69, 9.17) is 0 Å². The fraction of sp³-hybridized carbons (Fsp3) is 0.615. The topological polar surface area (TPSA) is 24.9 Å². The Morgan fingerprint density at radius 3 is 2.81 bits per heavy atom. The first-order valence-electron chi connectivity index (χ1n) is 5.93. The summed E-state index contributed by atoms with van der Waals surface area (Å²) in [6, 6.07) is 0. The van der Waals surface area contributed by atoms with Crippen molar-refractivity contribution >= 4 is 17.4 Å². The monoisotopic (exact) mass is 238 g/mol. The van der Waals surface area contributed by atoms with Crippen LogP contribution in [0.25, 0.3) is 6.08 Å². The maximum Gasteiger partial charge on any atom is 0.0801 e. The van der Waals surface area contributed by atoms with Crippen LogP contribution >= 0.6 is 11.3 Å². The van der Waals surface area contributed by atoms with Crippen LogP contribution in [0.15, 0.2) is 11.1 Å². The van der Waals surface area contributed by atoms with E-state index in [1.165, 1.54) is 10.5 Å². The summed E-state index contributed by atoms with van der Waals surface area (Å²) in [5.74, 6) is 0.711. The zero-order valence-electron chi connectivity index (χ0n) is 10.7. The molecule has 0 aliphatic carbocycles. The average molecular weight is 238 g/mol. The van der Waals surface area contributed by atoms with Crippen molar-refractivity contribution in [3.63, 3.8) is 0 Å². The number of aryl methyl sites for hydroxylation is 1. The van der Waals surface area contributed by atoms with Crippen molar-refractivity contribution in [3.05, 3.63) is 21.7 Å². The lowest BCUT2D eigenvalue weighted by molar-refractivity contribution is 0.569. The van der Waals surface area contributed by atoms with Crippen molar-refractivity contribution in [2.75, 3.05) is 13.1 Å². The normalized spacial score (nSPS) is 12.4. The van der Waals surface area contributed by atoms with E-state index in [1.54, 1.807) is 11.3 Å². The van der Waals surface area contributed by atoms with Crippen molar-refractivity contribution in [2.45, 2.75) is 34.1 Å². The molecule has 0 aliphatic heterocycles. The summed E-state index contributed by atoms with van der Waals surface area (Å²) in [6.07, 6.45) is 3.38. The van der Waals surface area contributed by atoms with Gasteiger partial charge in [-0.15, -0.1) is 11.3 Å². The molecule has 0 spiro atoms. The molecule has 1 N–H and O–H groups in total. The van der Waals surface area contributed by atoms with Gasteiger partial charge in [0, 0.05) is 11.4 Å². The second kappa shape index (κ2) is 6.81. The van der Waals surface area contributed by atoms with Crippen LogP contribution in [-0.4, -0.2) is 18.1 Å². The Kier molecular flexibility index (Phi) is 5.71. The van der Waals surface area contributed by atoms with E-state index in [1.807, 2.05) is 5.51 Å². The number of nitrogens with zero attached hydrogens (tertiary/aromatic N) is 1. The van der Waals surface area contributed by atoms with Crippen LogP contribution < -0.4 is 5.32 Å². The predicted octanol–water partition coefficient (Wildman–Crippen LogP) is 3.49. The number of nitrogens with one attached hydrogen (secondary N) is 1. The van der Waals surface area contributed by atoms with Gasteiger partial charge < -0.3 is 5.32 Å². The van der Waals surface area contributed by atoms with Crippen LogP contribution in [0.4, 0.5) is 0 Å². The minimum Gasteiger partial charge on any atom is -0.313 e. The fourth-order valence-electron chi connectivity index (χ4n) is 1.43. The van der Waals surface area contributed by atoms with Gasteiger partial charge in [-0.3, -0.25) is 0 Å². The third-order valence-corrected chi connectivity index (χ3v) is 3.35. The van der Waals surface area contributed by atoms with E-state index >= 15 is 0 Å². The Bertz CT molecular complexity index is 339. The van der Waals surface area contributed by atoms with Crippen LogP contribution in [0.5, 0.6) is 0 Å². The summed E-state index contributed by atoms with van der Waals surface area (Å²) in [7, 11) is 0. The molecule has 0 fully saturated rings. The minimum atomic E-state index is 0.711. The van der Waals surface area contributed by atoms with Gasteiger partial charge in [-0.2, -0.15) is 0 Å². The zero-order chi connectivity index (χ0) is 12.0. The Morgan fingerprint density at radius 2 is 2.31 bits per heavy atom. The highest BCUT2D eigenvalue weighted by Gasteiger charge is 2.01. The molecule has 0 aromatic carbocycles. The van der Waals surface area contributed by atoms with Gasteiger partial charge in [-0.25, -0.2) is 4.98 Å². The molecule has 0 saturated heterocycles. The van der Waals surface area contributed by atoms with E-state index in [9.17, 15) is 0 Å². The average Bonchev–Trinajstić information content (AvgIpc) is 2.62. The Morgan fingerprint density at radius 1 is 1.56 bits per heavy atom. The maximum atomic E-state index is 4.27. The quantitative estimate of drug-likeness (QED) is 0.820. The summed E-state index contributed by atoms with van der Waals surface area (Å²) in [6.45, 7) is 10.8. The van der Waals surface area contributed by atoms with Gasteiger partial charge >= 0.3 is 0 Å². The summed E-state index contributed by atoms with van der Waals surface area (Å²) in [5, 5.41) is 3.48. The van der Waals surface area contributed by atoms with Crippen LogP contribution in [0.2, 0.25) is 0 Å². The molecule has 1 heterocycles. The van der Waals surface area contributed by atoms with Gasteiger partial charge in [-0.05, 0) is 31.9 Å². The third kappa shape index (κ3) is 4.45. The molecule has 0 bridgehead atoms. The highest BCUT2D eigenvalue weighted by molar-refractivity contribution is 7.10. The first-order valence-corrected chi connectivity index (χ1v) is 6.81. The molecule has 0 atom stereocenters. The van der Waals surface area contributed by atoms with E-state index < -0.39 is 0 Å². The molecule has 2 nitrogen and oxygen atoms in total. The van der Waals surface area contributed by atoms with Gasteiger partial charge in [-0.1, -0.05) is 26.3 Å². The van der Waals surface area contributed by atoms with Gasteiger partial charge in [0.15, 0.2) is 0 Å². The second-order valence-corrected chi connectivity index (χ2v) is 5.37. The van der Waals surface area contributed by atoms with E-state index in [2.05, 4.69) is 44.1 Å². The van der Waals surface area contributed by atoms with Gasteiger partial charge in [0.05, 0.1) is 11.2 Å². The smallest absolute Gasteiger partial charge is 0.0801 e. The molecular formula is C13H22N2S. The van der Waals surface area contributed by atoms with Crippen molar-refractivity contribution in [3.8, 4) is 0 Å². The molecule has 1 aromatic heterocycles. The van der Waals surface area contributed by atoms with Gasteiger partial charge in [0.2, 0.25) is 0 Å². The Balaban J connectivity index is 2.54. The molecular weight excluding hydrogens is 216 g/mol. The number of thiazole rings is 1. The summed E-state index contributed by atoms with van der Waals surface area (Å²) >= 11 is 1.72. The molecule has 0 aliphatic rings. The molecule has 0 radical (unpaired) electrons. The summed E-state index contributed by atoms with van der Waals surface area (Å²) in [5.41, 5.74) is 4.50. The maximum absolute atomic E-state index is 4.27. The molecule has 0 amide bonds. The van der Waals surface area contributed by atoms with Crippen molar-refractivity contribution < 1.29 is 0 Å². The molecule has 3 heteroatoms. The summed E-state index contributed by atoms with van der Waals surface area (Å²) < 4.78 is 0. The standard InChI is InChI=1S/C13H22N2S/c1-5-12(8-14-7-10(2)3)6-13-11(4)15-9-16-13/h6,9-10,14H,5,7-8H2,1-4H3. The van der Waals surface area contributed by atoms with Crippen molar-refractivity contribution in [1.82, 2.24) is 10.3 Å². The molecule has 1 rings (SSSR count). The molecule has 1 aromatic rings. The largest absolute Gasteiger partial charge is 0.313 e. The molecule has 16 heavy (non-hydrogen) atoms. The fourth-order valence-corrected chi connectivity index (χ4v) is 2.22. The summed E-state index contributed by atoms with van der Waals surface area (Å²) in [4.78, 5) is 5.56. The Labute approximate surface area is 103 Å². The third-order valence-electron chi connectivity index (χ3n) is 2.48. The van der Waals surface area contributed by atoms with E-state index in [-0.39, 0.29) is 0 Å². The molecule has 0 unspecified atom stereocenters. The van der Waals surface area contributed by atoms with Crippen LogP contribution in [0.3, 0.4) is 0 Å². The minimum absolute atomic E-state index is 0.711. The molecule has 0 saturated carbocycles. The number of aromatic nitrogens is 1. The van der Waals surface area contributed by atoms with E-state index in [0.29, 0.717) is 5.92 Å². The van der Waals surface area contributed by atoms with Crippen LogP contribution in [-0.2, 0) is 0 Å². The highest BCUT2D eigenvalue weighted by atomic mass is 32.1. The first-order chi connectivity index (χ1) is 7.63. The highest BCUT2D eigenvalue weighted by Crippen LogP contribution is 2.17. The molecule has 90 valence electrons. The van der Waals surface area contributed by atoms with Gasteiger partial charge in [0.1, 0.15) is 0 Å². The second-order valence-electron chi connectivity index (χ2n) is 4.48. The lowest BCUT2D eigenvalue weighted by Gasteiger charge is -2.09. The van der Waals surface area contributed by atoms with Crippen molar-refractivity contribution in [1.29, 1.82) is 0 Å². The number of hydrogen-bond donors (Lipinski definition) is 1. The van der Waals surface area contributed by atoms with Crippen molar-refractivity contribution in [2.24, 2.45) is 5.92 Å². The van der Waals surface area contributed by atoms with Gasteiger partial charge in [0.25, 0.3) is 0 Å².